The molecule has 22 heavy (non-hydrogen) atoms. The molecular weight excluding hydrogens is 306 g/mol. The van der Waals surface area contributed by atoms with Gasteiger partial charge in [-0.05, 0) is 25.3 Å². The van der Waals surface area contributed by atoms with E-state index >= 15 is 0 Å². The van der Waals surface area contributed by atoms with Gasteiger partial charge in [-0.25, -0.2) is 5.14 Å². The summed E-state index contributed by atoms with van der Waals surface area (Å²) in [6.07, 6.45) is 2.11. The van der Waals surface area contributed by atoms with Crippen LogP contribution in [0.1, 0.15) is 44.3 Å². The minimum atomic E-state index is -4.04. The molecule has 2 N–H and O–H groups in total. The van der Waals surface area contributed by atoms with E-state index in [1.54, 1.807) is 6.92 Å². The zero-order valence-corrected chi connectivity index (χ0v) is 13.3. The van der Waals surface area contributed by atoms with Gasteiger partial charge in [0, 0.05) is 12.8 Å². The number of hydrogen-bond donors (Lipinski definition) is 1. The zero-order valence-electron chi connectivity index (χ0n) is 12.5. The fourth-order valence-electron chi connectivity index (χ4n) is 3.29. The Kier molecular flexibility index (Phi) is 4.26. The Labute approximate surface area is 130 Å². The van der Waals surface area contributed by atoms with E-state index in [-0.39, 0.29) is 6.10 Å². The summed E-state index contributed by atoms with van der Waals surface area (Å²) < 4.78 is 39.7. The van der Waals surface area contributed by atoms with Crippen LogP contribution in [0.3, 0.4) is 0 Å². The van der Waals surface area contributed by atoms with E-state index in [0.717, 1.165) is 31.2 Å². The van der Waals surface area contributed by atoms with Crippen molar-refractivity contribution in [2.75, 3.05) is 0 Å². The van der Waals surface area contributed by atoms with Gasteiger partial charge in [-0.15, -0.1) is 0 Å². The highest BCUT2D eigenvalue weighted by molar-refractivity contribution is 7.84. The highest BCUT2D eigenvalue weighted by Crippen LogP contribution is 2.48. The van der Waals surface area contributed by atoms with Crippen molar-refractivity contribution in [3.63, 3.8) is 0 Å². The van der Waals surface area contributed by atoms with Crippen LogP contribution in [-0.2, 0) is 24.0 Å². The van der Waals surface area contributed by atoms with Crippen LogP contribution in [0.25, 0.3) is 0 Å². The van der Waals surface area contributed by atoms with Crippen molar-refractivity contribution < 1.29 is 22.1 Å². The van der Waals surface area contributed by atoms with Crippen molar-refractivity contribution in [3.8, 4) is 0 Å². The number of benzene rings is 1. The Morgan fingerprint density at radius 2 is 1.86 bits per heavy atom. The summed E-state index contributed by atoms with van der Waals surface area (Å²) in [5, 5.41) is 4.99. The standard InChI is InChI=1S/C15H21NO5S/c1-11(21-22(16,17)18)13-14(12-7-3-2-4-8-12)20-15(19-13)9-5-6-10-15/h2-4,7-8,11,13-14H,5-6,9-10H2,1H3,(H2,16,17,18). The summed E-state index contributed by atoms with van der Waals surface area (Å²) in [5.74, 6) is -0.624. The summed E-state index contributed by atoms with van der Waals surface area (Å²) in [6.45, 7) is 1.64. The van der Waals surface area contributed by atoms with Gasteiger partial charge in [-0.1, -0.05) is 30.3 Å². The number of hydrogen-bond acceptors (Lipinski definition) is 5. The summed E-state index contributed by atoms with van der Waals surface area (Å²) in [5.41, 5.74) is 0.946. The minimum Gasteiger partial charge on any atom is -0.341 e. The Morgan fingerprint density at radius 3 is 2.45 bits per heavy atom. The van der Waals surface area contributed by atoms with E-state index in [1.807, 2.05) is 30.3 Å². The van der Waals surface area contributed by atoms with Crippen molar-refractivity contribution in [1.29, 1.82) is 0 Å². The first kappa shape index (κ1) is 15.9. The van der Waals surface area contributed by atoms with Gasteiger partial charge in [-0.3, -0.25) is 4.18 Å². The molecule has 2 aliphatic rings. The van der Waals surface area contributed by atoms with Gasteiger partial charge in [0.2, 0.25) is 0 Å². The highest BCUT2D eigenvalue weighted by atomic mass is 32.2. The molecule has 122 valence electrons. The van der Waals surface area contributed by atoms with E-state index in [4.69, 9.17) is 18.8 Å². The normalized spacial score (nSPS) is 29.0. The third kappa shape index (κ3) is 3.33. The molecular formula is C15H21NO5S. The fraction of sp³-hybridized carbons (Fsp3) is 0.600. The molecule has 1 aromatic carbocycles. The summed E-state index contributed by atoms with van der Waals surface area (Å²) in [7, 11) is -4.04. The van der Waals surface area contributed by atoms with Crippen molar-refractivity contribution in [1.82, 2.24) is 0 Å². The fourth-order valence-corrected chi connectivity index (χ4v) is 3.83. The SMILES string of the molecule is CC(OS(N)(=O)=O)C1OC2(CCCC2)OC1c1ccccc1. The molecule has 2 fully saturated rings. The van der Waals surface area contributed by atoms with Crippen molar-refractivity contribution in [3.05, 3.63) is 35.9 Å². The molecule has 1 heterocycles. The Hall–Kier alpha value is -0.990. The lowest BCUT2D eigenvalue weighted by atomic mass is 10.0. The summed E-state index contributed by atoms with van der Waals surface area (Å²) >= 11 is 0. The van der Waals surface area contributed by atoms with Crippen molar-refractivity contribution in [2.24, 2.45) is 5.14 Å². The molecule has 3 unspecified atom stereocenters. The van der Waals surface area contributed by atoms with Gasteiger partial charge in [-0.2, -0.15) is 8.42 Å². The molecule has 3 atom stereocenters. The predicted octanol–water partition coefficient (Wildman–Crippen LogP) is 2.02. The molecule has 7 heteroatoms. The molecule has 1 aromatic rings. The summed E-state index contributed by atoms with van der Waals surface area (Å²) in [6, 6.07) is 9.64. The van der Waals surface area contributed by atoms with Crippen LogP contribution < -0.4 is 5.14 Å². The molecule has 3 rings (SSSR count). The second kappa shape index (κ2) is 5.90. The third-order valence-electron chi connectivity index (χ3n) is 4.23. The van der Waals surface area contributed by atoms with Crippen LogP contribution in [0.15, 0.2) is 30.3 Å². The van der Waals surface area contributed by atoms with Crippen LogP contribution in [0, 0.1) is 0 Å². The van der Waals surface area contributed by atoms with Crippen LogP contribution in [0.4, 0.5) is 0 Å². The largest absolute Gasteiger partial charge is 0.341 e. The molecule has 1 spiro atoms. The second-order valence-corrected chi connectivity index (χ2v) is 7.12. The maximum Gasteiger partial charge on any atom is 0.333 e. The maximum atomic E-state index is 11.2. The number of ether oxygens (including phenoxy) is 2. The van der Waals surface area contributed by atoms with Crippen LogP contribution >= 0.6 is 0 Å². The lowest BCUT2D eigenvalue weighted by Gasteiger charge is -2.23. The van der Waals surface area contributed by atoms with Crippen LogP contribution in [0.5, 0.6) is 0 Å². The average molecular weight is 327 g/mol. The molecule has 0 amide bonds. The average Bonchev–Trinajstić information content (AvgIpc) is 3.06. The molecule has 1 saturated heterocycles. The van der Waals surface area contributed by atoms with Crippen LogP contribution in [-0.4, -0.2) is 26.4 Å². The molecule has 6 nitrogen and oxygen atoms in total. The Morgan fingerprint density at radius 1 is 1.23 bits per heavy atom. The van der Waals surface area contributed by atoms with Crippen molar-refractivity contribution in [2.45, 2.75) is 56.7 Å². The third-order valence-corrected chi connectivity index (χ3v) is 4.80. The molecule has 1 saturated carbocycles. The molecule has 0 bridgehead atoms. The van der Waals surface area contributed by atoms with E-state index in [0.29, 0.717) is 0 Å². The van der Waals surface area contributed by atoms with E-state index < -0.39 is 28.3 Å². The molecule has 0 aromatic heterocycles. The number of nitrogens with two attached hydrogens (primary N) is 1. The molecule has 1 aliphatic carbocycles. The minimum absolute atomic E-state index is 0.365. The van der Waals surface area contributed by atoms with Gasteiger partial charge in [0.1, 0.15) is 18.3 Å². The molecule has 1 aliphatic heterocycles. The lowest BCUT2D eigenvalue weighted by Crippen LogP contribution is -2.36. The monoisotopic (exact) mass is 327 g/mol. The smallest absolute Gasteiger partial charge is 0.333 e. The Balaban J connectivity index is 1.87. The van der Waals surface area contributed by atoms with Crippen molar-refractivity contribution >= 4 is 10.3 Å². The lowest BCUT2D eigenvalue weighted by molar-refractivity contribution is -0.175. The quantitative estimate of drug-likeness (QED) is 0.914. The van der Waals surface area contributed by atoms with Gasteiger partial charge in [0.25, 0.3) is 0 Å². The van der Waals surface area contributed by atoms with Gasteiger partial charge in [0.05, 0.1) is 0 Å². The zero-order chi connectivity index (χ0) is 15.8. The topological polar surface area (TPSA) is 87.9 Å². The van der Waals surface area contributed by atoms with Gasteiger partial charge >= 0.3 is 10.3 Å². The van der Waals surface area contributed by atoms with Gasteiger partial charge < -0.3 is 9.47 Å². The Bertz CT molecular complexity index is 612. The van der Waals surface area contributed by atoms with E-state index in [2.05, 4.69) is 0 Å². The first-order valence-corrected chi connectivity index (χ1v) is 8.97. The van der Waals surface area contributed by atoms with E-state index in [9.17, 15) is 8.42 Å². The first-order chi connectivity index (χ1) is 10.4. The summed E-state index contributed by atoms with van der Waals surface area (Å²) in [4.78, 5) is 0. The second-order valence-electron chi connectivity index (χ2n) is 5.94. The van der Waals surface area contributed by atoms with Gasteiger partial charge in [0.15, 0.2) is 5.79 Å². The number of rotatable bonds is 4. The maximum absolute atomic E-state index is 11.2. The van der Waals surface area contributed by atoms with E-state index in [1.165, 1.54) is 0 Å². The predicted molar refractivity (Wildman–Crippen MR) is 80.0 cm³/mol. The first-order valence-electron chi connectivity index (χ1n) is 7.50. The highest BCUT2D eigenvalue weighted by Gasteiger charge is 2.51. The van der Waals surface area contributed by atoms with Crippen LogP contribution in [0.2, 0.25) is 0 Å². The molecule has 0 radical (unpaired) electrons.